The maximum Gasteiger partial charge on any atom is 0.491 e. The lowest BCUT2D eigenvalue weighted by molar-refractivity contribution is -0.212. The first-order chi connectivity index (χ1) is 30.8. The van der Waals surface area contributed by atoms with Crippen LogP contribution in [0.5, 0.6) is 0 Å². The number of esters is 1. The molecule has 2 atom stereocenters. The number of ether oxygens (including phenoxy) is 3. The van der Waals surface area contributed by atoms with Gasteiger partial charge in [0.15, 0.2) is 0 Å². The third-order valence-electron chi connectivity index (χ3n) is 9.64. The summed E-state index contributed by atoms with van der Waals surface area (Å²) >= 11 is 1.30. The van der Waals surface area contributed by atoms with Crippen LogP contribution in [0.2, 0.25) is 0 Å². The first kappa shape index (κ1) is 52.0. The maximum atomic E-state index is 15.1. The Bertz CT molecular complexity index is 2130. The van der Waals surface area contributed by atoms with Crippen molar-refractivity contribution in [2.75, 3.05) is 64.1 Å². The Morgan fingerprint density at radius 2 is 1.52 bits per heavy atom. The largest absolute Gasteiger partial charge is 0.491 e. The van der Waals surface area contributed by atoms with E-state index >= 15 is 4.39 Å². The molecule has 2 heterocycles. The third kappa shape index (κ3) is 15.8. The number of hydrogen-bond acceptors (Lipinski definition) is 11. The lowest BCUT2D eigenvalue weighted by Gasteiger charge is -2.41. The van der Waals surface area contributed by atoms with Crippen molar-refractivity contribution in [3.63, 3.8) is 0 Å². The second-order valence-corrected chi connectivity index (χ2v) is 16.8. The summed E-state index contributed by atoms with van der Waals surface area (Å²) in [5.74, 6) is -7.58. The van der Waals surface area contributed by atoms with Crippen molar-refractivity contribution in [1.29, 1.82) is 0 Å². The Morgan fingerprint density at radius 1 is 0.877 bits per heavy atom. The third-order valence-corrected chi connectivity index (χ3v) is 10.6. The number of rotatable bonds is 25. The van der Waals surface area contributed by atoms with Gasteiger partial charge in [-0.25, -0.2) is 18.5 Å². The standard InChI is InChI=1S/C44H53F5N6O9S/c1-43(2,3)39(34-24-30(32-25-31(45)10-11-33(32)46)27-53(34)26-29-8-5-4-6-9-29)54(18-7-15-50)38(59)28-65-23-14-35(56)51-16-19-62-21-22-63-20-17-52-40(60)41(64-42(61)44(47,48)49)55-36(57)12-13-37(55)58/h4-6,8-13,24-25,27,39,41H,7,14-23,26,28,50H2,1-3H3,(H,51,56)(H,52,60)/t39-,41?/m0/s1. The van der Waals surface area contributed by atoms with Crippen LogP contribution in [0, 0.1) is 17.0 Å². The normalized spacial score (nSPS) is 13.8. The van der Waals surface area contributed by atoms with Crippen LogP contribution in [0.4, 0.5) is 22.0 Å². The molecule has 2 aromatic carbocycles. The molecule has 0 spiro atoms. The lowest BCUT2D eigenvalue weighted by atomic mass is 9.83. The van der Waals surface area contributed by atoms with E-state index in [4.69, 9.17) is 15.2 Å². The molecule has 354 valence electrons. The molecule has 0 fully saturated rings. The fourth-order valence-electron chi connectivity index (χ4n) is 6.72. The second kappa shape index (κ2) is 24.6. The van der Waals surface area contributed by atoms with Crippen LogP contribution < -0.4 is 16.4 Å². The van der Waals surface area contributed by atoms with Gasteiger partial charge < -0.3 is 40.0 Å². The zero-order valence-electron chi connectivity index (χ0n) is 36.2. The van der Waals surface area contributed by atoms with Crippen molar-refractivity contribution < 1.29 is 64.9 Å². The summed E-state index contributed by atoms with van der Waals surface area (Å²) in [4.78, 5) is 76.0. The number of hydrogen-bond donors (Lipinski definition) is 3. The minimum absolute atomic E-state index is 0.0257. The van der Waals surface area contributed by atoms with Crippen molar-refractivity contribution in [3.05, 3.63) is 95.8 Å². The van der Waals surface area contributed by atoms with Crippen LogP contribution in [0.15, 0.2) is 72.9 Å². The van der Waals surface area contributed by atoms with E-state index in [0.29, 0.717) is 49.5 Å². The zero-order chi connectivity index (χ0) is 47.7. The lowest BCUT2D eigenvalue weighted by Crippen LogP contribution is -2.53. The fourth-order valence-corrected chi connectivity index (χ4v) is 7.53. The number of carbonyl (C=O) groups excluding carboxylic acids is 6. The molecule has 0 radical (unpaired) electrons. The Labute approximate surface area is 377 Å². The molecule has 4 N–H and O–H groups in total. The first-order valence-electron chi connectivity index (χ1n) is 20.6. The number of carbonyl (C=O) groups is 6. The topological polar surface area (TPSA) is 192 Å². The van der Waals surface area contributed by atoms with Gasteiger partial charge in [0, 0.05) is 73.5 Å². The van der Waals surface area contributed by atoms with Crippen LogP contribution in [-0.4, -0.2) is 126 Å². The van der Waals surface area contributed by atoms with Gasteiger partial charge in [0.05, 0.1) is 38.2 Å². The summed E-state index contributed by atoms with van der Waals surface area (Å²) in [6.07, 6.45) is -4.14. The van der Waals surface area contributed by atoms with Gasteiger partial charge in [-0.05, 0) is 48.2 Å². The average molecular weight is 937 g/mol. The Kier molecular flexibility index (Phi) is 19.7. The molecule has 5 amide bonds. The second-order valence-electron chi connectivity index (χ2n) is 15.7. The summed E-state index contributed by atoms with van der Waals surface area (Å²) in [6.45, 7) is 7.09. The van der Waals surface area contributed by atoms with Crippen LogP contribution >= 0.6 is 11.8 Å². The molecular weight excluding hydrogens is 884 g/mol. The number of nitrogens with zero attached hydrogens (tertiary/aromatic N) is 3. The van der Waals surface area contributed by atoms with Crippen LogP contribution in [-0.2, 0) is 49.5 Å². The highest BCUT2D eigenvalue weighted by Crippen LogP contribution is 2.41. The van der Waals surface area contributed by atoms with E-state index in [1.165, 1.54) is 11.8 Å². The molecular formula is C44H53F5N6O9S. The average Bonchev–Trinajstić information content (AvgIpc) is 3.81. The number of nitrogens with one attached hydrogen (secondary N) is 2. The van der Waals surface area contributed by atoms with Gasteiger partial charge in [0.25, 0.3) is 23.9 Å². The fraction of sp³-hybridized carbons (Fsp3) is 0.455. The minimum Gasteiger partial charge on any atom is -0.425 e. The summed E-state index contributed by atoms with van der Waals surface area (Å²) < 4.78 is 84.4. The molecule has 1 aromatic heterocycles. The van der Waals surface area contributed by atoms with Crippen molar-refractivity contribution >= 4 is 47.3 Å². The highest BCUT2D eigenvalue weighted by Gasteiger charge is 2.47. The summed E-state index contributed by atoms with van der Waals surface area (Å²) in [5.41, 5.74) is 7.70. The Balaban J connectivity index is 1.22. The number of imide groups is 1. The Hall–Kier alpha value is -5.64. The molecule has 0 saturated carbocycles. The van der Waals surface area contributed by atoms with Gasteiger partial charge in [-0.1, -0.05) is 51.1 Å². The van der Waals surface area contributed by atoms with E-state index in [1.54, 1.807) is 11.1 Å². The number of thioether (sulfide) groups is 1. The monoisotopic (exact) mass is 936 g/mol. The van der Waals surface area contributed by atoms with E-state index in [2.05, 4.69) is 15.4 Å². The minimum atomic E-state index is -5.48. The van der Waals surface area contributed by atoms with Gasteiger partial charge in [0.2, 0.25) is 11.8 Å². The molecule has 4 rings (SSSR count). The number of aromatic nitrogens is 1. The smallest absolute Gasteiger partial charge is 0.425 e. The highest BCUT2D eigenvalue weighted by molar-refractivity contribution is 7.99. The summed E-state index contributed by atoms with van der Waals surface area (Å²) in [7, 11) is 0. The molecule has 0 aliphatic carbocycles. The molecule has 65 heavy (non-hydrogen) atoms. The first-order valence-corrected chi connectivity index (χ1v) is 21.8. The molecule has 3 aromatic rings. The van der Waals surface area contributed by atoms with Gasteiger partial charge in [-0.3, -0.25) is 24.0 Å². The van der Waals surface area contributed by atoms with E-state index < -0.39 is 59.2 Å². The SMILES string of the molecule is CC(C)(C)[C@H](c1cc(-c2cc(F)ccc2F)cn1Cc1ccccc1)N(CCCN)C(=O)CSCCC(=O)NCCOCCOCCNC(=O)C(OC(=O)C(F)(F)F)N1C(=O)C=CC1=O. The number of nitrogens with two attached hydrogens (primary N) is 1. The molecule has 15 nitrogen and oxygen atoms in total. The van der Waals surface area contributed by atoms with Gasteiger partial charge >= 0.3 is 12.1 Å². The van der Waals surface area contributed by atoms with Crippen LogP contribution in [0.1, 0.15) is 50.9 Å². The summed E-state index contributed by atoms with van der Waals surface area (Å²) in [5, 5.41) is 4.86. The van der Waals surface area contributed by atoms with E-state index in [0.717, 1.165) is 29.5 Å². The van der Waals surface area contributed by atoms with Crippen molar-refractivity contribution in [2.45, 2.75) is 58.6 Å². The number of alkyl halides is 3. The van der Waals surface area contributed by atoms with E-state index in [9.17, 15) is 46.3 Å². The molecule has 0 saturated heterocycles. The van der Waals surface area contributed by atoms with Crippen molar-refractivity contribution in [1.82, 2.24) is 25.0 Å². The van der Waals surface area contributed by atoms with E-state index in [-0.39, 0.29) is 74.0 Å². The van der Waals surface area contributed by atoms with Crippen molar-refractivity contribution in [3.8, 4) is 11.1 Å². The number of halogens is 5. The van der Waals surface area contributed by atoms with Gasteiger partial charge in [-0.2, -0.15) is 24.9 Å². The molecule has 0 bridgehead atoms. The van der Waals surface area contributed by atoms with Crippen LogP contribution in [0.25, 0.3) is 11.1 Å². The molecule has 1 unspecified atom stereocenters. The summed E-state index contributed by atoms with van der Waals surface area (Å²) in [6, 6.07) is 14.3. The van der Waals surface area contributed by atoms with Crippen LogP contribution in [0.3, 0.4) is 0 Å². The predicted molar refractivity (Wildman–Crippen MR) is 229 cm³/mol. The number of amides is 5. The maximum absolute atomic E-state index is 15.1. The van der Waals surface area contributed by atoms with Gasteiger partial charge in [-0.15, -0.1) is 0 Å². The molecule has 1 aliphatic rings. The Morgan fingerprint density at radius 3 is 2.14 bits per heavy atom. The van der Waals surface area contributed by atoms with Gasteiger partial charge in [0.1, 0.15) is 11.6 Å². The van der Waals surface area contributed by atoms with Crippen molar-refractivity contribution in [2.24, 2.45) is 11.1 Å². The zero-order valence-corrected chi connectivity index (χ0v) is 37.0. The van der Waals surface area contributed by atoms with E-state index in [1.807, 2.05) is 61.7 Å². The number of benzene rings is 2. The predicted octanol–water partition coefficient (Wildman–Crippen LogP) is 4.49. The molecule has 1 aliphatic heterocycles. The molecule has 21 heteroatoms. The quantitative estimate of drug-likeness (QED) is 0.0470. The highest BCUT2D eigenvalue weighted by atomic mass is 32.2.